The van der Waals surface area contributed by atoms with Gasteiger partial charge in [-0.25, -0.2) is 14.5 Å². The Kier molecular flexibility index (Phi) is 6.62. The lowest BCUT2D eigenvalue weighted by molar-refractivity contribution is -0.384. The summed E-state index contributed by atoms with van der Waals surface area (Å²) in [5.74, 6) is -0.807. The van der Waals surface area contributed by atoms with Gasteiger partial charge in [0.05, 0.1) is 36.9 Å². The highest BCUT2D eigenvalue weighted by atomic mass is 16.6. The zero-order valence-corrected chi connectivity index (χ0v) is 18.6. The molecule has 0 saturated carbocycles. The Morgan fingerprint density at radius 1 is 1.09 bits per heavy atom. The summed E-state index contributed by atoms with van der Waals surface area (Å²) in [5.41, 5.74) is 1.50. The summed E-state index contributed by atoms with van der Waals surface area (Å²) in [7, 11) is 1.28. The molecule has 0 spiro atoms. The maximum atomic E-state index is 12.8. The van der Waals surface area contributed by atoms with Gasteiger partial charge in [-0.05, 0) is 29.8 Å². The van der Waals surface area contributed by atoms with Crippen molar-refractivity contribution in [2.24, 2.45) is 0 Å². The molecule has 1 N–H and O–H groups in total. The number of rotatable bonds is 8. The first-order valence-electron chi connectivity index (χ1n) is 10.5. The molecule has 0 aliphatic rings. The molecule has 1 amide bonds. The number of fused-ring (bicyclic) bond motifs is 1. The van der Waals surface area contributed by atoms with Crippen molar-refractivity contribution in [2.45, 2.75) is 13.1 Å². The van der Waals surface area contributed by atoms with Gasteiger partial charge in [0.1, 0.15) is 11.7 Å². The van der Waals surface area contributed by atoms with Gasteiger partial charge in [0.25, 0.3) is 17.2 Å². The van der Waals surface area contributed by atoms with Crippen molar-refractivity contribution >= 4 is 28.6 Å². The molecule has 0 atom stereocenters. The van der Waals surface area contributed by atoms with Gasteiger partial charge in [-0.2, -0.15) is 5.10 Å². The van der Waals surface area contributed by atoms with Crippen LogP contribution in [0.5, 0.6) is 0 Å². The number of nitrogens with one attached hydrogen (secondary N) is 1. The highest BCUT2D eigenvalue weighted by molar-refractivity contribution is 5.96. The number of nitrogens with zero attached hydrogens (tertiary/aromatic N) is 5. The molecule has 2 aromatic heterocycles. The van der Waals surface area contributed by atoms with Crippen LogP contribution in [0.2, 0.25) is 0 Å². The van der Waals surface area contributed by atoms with Crippen LogP contribution in [0.15, 0.2) is 65.8 Å². The van der Waals surface area contributed by atoms with Gasteiger partial charge in [0.15, 0.2) is 5.65 Å². The maximum absolute atomic E-state index is 12.8. The van der Waals surface area contributed by atoms with Crippen LogP contribution in [0.4, 0.5) is 5.69 Å². The topological polar surface area (TPSA) is 151 Å². The van der Waals surface area contributed by atoms with Crippen LogP contribution < -0.4 is 10.9 Å². The summed E-state index contributed by atoms with van der Waals surface area (Å²) in [4.78, 5) is 51.3. The van der Waals surface area contributed by atoms with Crippen LogP contribution in [-0.2, 0) is 17.8 Å². The molecule has 12 nitrogen and oxygen atoms in total. The Morgan fingerprint density at radius 3 is 2.43 bits per heavy atom. The molecule has 0 radical (unpaired) electrons. The van der Waals surface area contributed by atoms with Crippen LogP contribution in [0.3, 0.4) is 0 Å². The Morgan fingerprint density at radius 2 is 1.77 bits per heavy atom. The zero-order chi connectivity index (χ0) is 24.9. The lowest BCUT2D eigenvalue weighted by atomic mass is 10.1. The van der Waals surface area contributed by atoms with E-state index in [-0.39, 0.29) is 36.8 Å². The molecule has 0 aliphatic carbocycles. The Hall–Kier alpha value is -4.87. The maximum Gasteiger partial charge on any atom is 0.337 e. The Labute approximate surface area is 197 Å². The number of aromatic nitrogens is 4. The molecular weight excluding hydrogens is 456 g/mol. The molecule has 2 aromatic carbocycles. The molecular formula is C23H20N6O6. The third kappa shape index (κ3) is 5.05. The molecule has 0 saturated heterocycles. The fourth-order valence-electron chi connectivity index (χ4n) is 3.45. The van der Waals surface area contributed by atoms with E-state index in [0.717, 1.165) is 0 Å². The van der Waals surface area contributed by atoms with Crippen LogP contribution in [0.1, 0.15) is 26.3 Å². The van der Waals surface area contributed by atoms with E-state index in [4.69, 9.17) is 0 Å². The van der Waals surface area contributed by atoms with E-state index in [0.29, 0.717) is 27.7 Å². The van der Waals surface area contributed by atoms with E-state index in [2.05, 4.69) is 20.1 Å². The number of carbonyl (C=O) groups is 2. The predicted molar refractivity (Wildman–Crippen MR) is 124 cm³/mol. The van der Waals surface area contributed by atoms with Gasteiger partial charge in [0.2, 0.25) is 0 Å². The van der Waals surface area contributed by atoms with Crippen molar-refractivity contribution in [3.8, 4) is 0 Å². The van der Waals surface area contributed by atoms with Gasteiger partial charge in [-0.1, -0.05) is 12.1 Å². The standard InChI is InChI=1S/C23H20N6O6/c1-35-23(32)17-6-4-16(5-7-17)21(30)24-10-11-28-20-19(12-26-28)22(31)27(14-25-20)13-15-2-8-18(9-3-15)29(33)34/h2-9,12,14H,10-11,13H2,1H3,(H,24,30). The SMILES string of the molecule is COC(=O)c1ccc(C(=O)NCCn2ncc3c(=O)n(Cc4ccc([N+](=O)[O-])cc4)cnc32)cc1. The quantitative estimate of drug-likeness (QED) is 0.229. The van der Waals surface area contributed by atoms with Crippen LogP contribution in [0.25, 0.3) is 11.0 Å². The first-order chi connectivity index (χ1) is 16.9. The van der Waals surface area contributed by atoms with Crippen molar-refractivity contribution in [1.82, 2.24) is 24.6 Å². The number of nitro groups is 1. The number of hydrogen-bond donors (Lipinski definition) is 1. The first-order valence-corrected chi connectivity index (χ1v) is 10.5. The minimum absolute atomic E-state index is 0.0266. The number of ether oxygens (including phenoxy) is 1. The van der Waals surface area contributed by atoms with Crippen molar-refractivity contribution in [3.63, 3.8) is 0 Å². The molecule has 35 heavy (non-hydrogen) atoms. The minimum atomic E-state index is -0.485. The molecule has 0 bridgehead atoms. The zero-order valence-electron chi connectivity index (χ0n) is 18.6. The smallest absolute Gasteiger partial charge is 0.337 e. The molecule has 4 aromatic rings. The van der Waals surface area contributed by atoms with Crippen molar-refractivity contribution in [2.75, 3.05) is 13.7 Å². The highest BCUT2D eigenvalue weighted by Crippen LogP contribution is 2.13. The molecule has 0 unspecified atom stereocenters. The van der Waals surface area contributed by atoms with Crippen LogP contribution >= 0.6 is 0 Å². The number of esters is 1. The van der Waals surface area contributed by atoms with E-state index in [1.54, 1.807) is 12.1 Å². The molecule has 178 valence electrons. The van der Waals surface area contributed by atoms with Crippen molar-refractivity contribution in [3.05, 3.63) is 98.2 Å². The third-order valence-corrected chi connectivity index (χ3v) is 5.30. The number of methoxy groups -OCH3 is 1. The second-order valence-corrected chi connectivity index (χ2v) is 7.53. The number of nitro benzene ring substituents is 1. The highest BCUT2D eigenvalue weighted by Gasteiger charge is 2.13. The monoisotopic (exact) mass is 476 g/mol. The summed E-state index contributed by atoms with van der Waals surface area (Å²) >= 11 is 0. The molecule has 2 heterocycles. The average molecular weight is 476 g/mol. The molecule has 0 fully saturated rings. The number of non-ortho nitro benzene ring substituents is 1. The number of amides is 1. The summed E-state index contributed by atoms with van der Waals surface area (Å²) < 4.78 is 7.55. The third-order valence-electron chi connectivity index (χ3n) is 5.30. The van der Waals surface area contributed by atoms with E-state index < -0.39 is 10.9 Å². The summed E-state index contributed by atoms with van der Waals surface area (Å²) in [6, 6.07) is 12.0. The lowest BCUT2D eigenvalue weighted by Crippen LogP contribution is -2.28. The van der Waals surface area contributed by atoms with Gasteiger partial charge in [0, 0.05) is 24.2 Å². The average Bonchev–Trinajstić information content (AvgIpc) is 3.29. The molecule has 12 heteroatoms. The van der Waals surface area contributed by atoms with E-state index >= 15 is 0 Å². The summed E-state index contributed by atoms with van der Waals surface area (Å²) in [6.45, 7) is 0.728. The van der Waals surface area contributed by atoms with Gasteiger partial charge < -0.3 is 10.1 Å². The molecule has 0 aliphatic heterocycles. The second kappa shape index (κ2) is 9.95. The Bertz CT molecular complexity index is 1460. The first kappa shape index (κ1) is 23.3. The second-order valence-electron chi connectivity index (χ2n) is 7.53. The molecule has 4 rings (SSSR count). The largest absolute Gasteiger partial charge is 0.465 e. The van der Waals surface area contributed by atoms with E-state index in [1.165, 1.54) is 65.3 Å². The van der Waals surface area contributed by atoms with Gasteiger partial charge in [-0.15, -0.1) is 0 Å². The fourth-order valence-corrected chi connectivity index (χ4v) is 3.45. The fraction of sp³-hybridized carbons (Fsp3) is 0.174. The van der Waals surface area contributed by atoms with Crippen molar-refractivity contribution < 1.29 is 19.2 Å². The number of hydrogen-bond acceptors (Lipinski definition) is 8. The van der Waals surface area contributed by atoms with Gasteiger partial charge in [-0.3, -0.25) is 24.3 Å². The van der Waals surface area contributed by atoms with E-state index in [9.17, 15) is 24.5 Å². The number of carbonyl (C=O) groups excluding carboxylic acids is 2. The van der Waals surface area contributed by atoms with E-state index in [1.807, 2.05) is 0 Å². The van der Waals surface area contributed by atoms with Gasteiger partial charge >= 0.3 is 5.97 Å². The predicted octanol–water partition coefficient (Wildman–Crippen LogP) is 1.77. The van der Waals surface area contributed by atoms with Crippen LogP contribution in [0, 0.1) is 10.1 Å². The van der Waals surface area contributed by atoms with Crippen LogP contribution in [-0.4, -0.2) is 49.8 Å². The summed E-state index contributed by atoms with van der Waals surface area (Å²) in [5, 5.41) is 18.1. The minimum Gasteiger partial charge on any atom is -0.465 e. The Balaban J connectivity index is 1.40. The van der Waals surface area contributed by atoms with Crippen molar-refractivity contribution in [1.29, 1.82) is 0 Å². The lowest BCUT2D eigenvalue weighted by Gasteiger charge is -2.08. The number of benzene rings is 2. The summed E-state index contributed by atoms with van der Waals surface area (Å²) in [6.07, 6.45) is 2.82. The normalized spacial score (nSPS) is 10.8.